The third-order valence-electron chi connectivity index (χ3n) is 4.58. The van der Waals surface area contributed by atoms with E-state index in [9.17, 15) is 14.9 Å². The van der Waals surface area contributed by atoms with E-state index >= 15 is 0 Å². The molecule has 0 atom stereocenters. The average molecular weight is 414 g/mol. The third kappa shape index (κ3) is 4.76. The van der Waals surface area contributed by atoms with Crippen LogP contribution in [0.25, 0.3) is 22.1 Å². The second kappa shape index (κ2) is 8.91. The van der Waals surface area contributed by atoms with Gasteiger partial charge in [-0.1, -0.05) is 48.5 Å². The molecule has 0 bridgehead atoms. The molecule has 1 aromatic heterocycles. The summed E-state index contributed by atoms with van der Waals surface area (Å²) in [6.45, 7) is 0.0580. The highest BCUT2D eigenvalue weighted by molar-refractivity contribution is 5.95. The second-order valence-electron chi connectivity index (χ2n) is 6.68. The zero-order chi connectivity index (χ0) is 21.6. The summed E-state index contributed by atoms with van der Waals surface area (Å²) >= 11 is 0. The van der Waals surface area contributed by atoms with Gasteiger partial charge in [0, 0.05) is 28.8 Å². The normalized spacial score (nSPS) is 11.0. The molecule has 0 saturated heterocycles. The Balaban J connectivity index is 1.34. The second-order valence-corrected chi connectivity index (χ2v) is 6.68. The molecule has 8 heteroatoms. The van der Waals surface area contributed by atoms with Gasteiger partial charge in [-0.15, -0.1) is 0 Å². The van der Waals surface area contributed by atoms with Crippen LogP contribution >= 0.6 is 0 Å². The first-order valence-corrected chi connectivity index (χ1v) is 9.48. The van der Waals surface area contributed by atoms with Gasteiger partial charge in [0.15, 0.2) is 0 Å². The number of amides is 1. The monoisotopic (exact) mass is 414 g/mol. The summed E-state index contributed by atoms with van der Waals surface area (Å²) in [5.41, 5.74) is 3.87. The van der Waals surface area contributed by atoms with Crippen LogP contribution in [0.3, 0.4) is 0 Å². The van der Waals surface area contributed by atoms with E-state index in [1.165, 1.54) is 18.3 Å². The summed E-state index contributed by atoms with van der Waals surface area (Å²) in [4.78, 5) is 22.5. The molecule has 0 saturated carbocycles. The van der Waals surface area contributed by atoms with Crippen molar-refractivity contribution in [2.45, 2.75) is 0 Å². The van der Waals surface area contributed by atoms with Crippen molar-refractivity contribution >= 4 is 34.3 Å². The van der Waals surface area contributed by atoms with Crippen molar-refractivity contribution in [1.29, 1.82) is 0 Å². The quantitative estimate of drug-likeness (QED) is 0.261. The van der Waals surface area contributed by atoms with Crippen molar-refractivity contribution in [1.82, 2.24) is 5.43 Å². The Morgan fingerprint density at radius 3 is 2.71 bits per heavy atom. The largest absolute Gasteiger partial charge is 0.455 e. The molecule has 1 amide bonds. The van der Waals surface area contributed by atoms with Crippen LogP contribution < -0.4 is 10.7 Å². The summed E-state index contributed by atoms with van der Waals surface area (Å²) in [6.07, 6.45) is 1.37. The molecule has 154 valence electrons. The van der Waals surface area contributed by atoms with Crippen molar-refractivity contribution < 1.29 is 14.1 Å². The molecular formula is C23H18N4O4. The molecule has 3 aromatic carbocycles. The molecule has 0 fully saturated rings. The number of anilines is 1. The fourth-order valence-corrected chi connectivity index (χ4v) is 3.11. The third-order valence-corrected chi connectivity index (χ3v) is 4.58. The summed E-state index contributed by atoms with van der Waals surface area (Å²) in [6, 6.07) is 23.3. The number of non-ortho nitro benzene ring substituents is 1. The van der Waals surface area contributed by atoms with Gasteiger partial charge >= 0.3 is 0 Å². The molecule has 0 aliphatic carbocycles. The molecule has 0 radical (unpaired) electrons. The van der Waals surface area contributed by atoms with E-state index in [0.717, 1.165) is 16.5 Å². The lowest BCUT2D eigenvalue weighted by molar-refractivity contribution is -0.384. The first-order chi connectivity index (χ1) is 15.1. The number of hydrogen-bond acceptors (Lipinski definition) is 6. The van der Waals surface area contributed by atoms with Crippen LogP contribution in [0.2, 0.25) is 0 Å². The number of nitro benzene ring substituents is 1. The van der Waals surface area contributed by atoms with Gasteiger partial charge in [-0.2, -0.15) is 5.10 Å². The molecule has 0 aliphatic rings. The maximum absolute atomic E-state index is 12.1. The predicted molar refractivity (Wildman–Crippen MR) is 119 cm³/mol. The first kappa shape index (κ1) is 19.8. The maximum Gasteiger partial charge on any atom is 0.270 e. The van der Waals surface area contributed by atoms with Crippen LogP contribution in [0.15, 0.2) is 88.4 Å². The Hall–Kier alpha value is -4.46. The lowest BCUT2D eigenvalue weighted by Gasteiger charge is -2.08. The van der Waals surface area contributed by atoms with E-state index in [1.807, 2.05) is 42.5 Å². The fourth-order valence-electron chi connectivity index (χ4n) is 3.11. The topological polar surface area (TPSA) is 110 Å². The van der Waals surface area contributed by atoms with Crippen LogP contribution in [0, 0.1) is 10.1 Å². The van der Waals surface area contributed by atoms with Gasteiger partial charge in [-0.25, -0.2) is 5.43 Å². The van der Waals surface area contributed by atoms with E-state index in [-0.39, 0.29) is 18.1 Å². The van der Waals surface area contributed by atoms with E-state index in [1.54, 1.807) is 24.3 Å². The van der Waals surface area contributed by atoms with Crippen LogP contribution in [0.1, 0.15) is 5.76 Å². The summed E-state index contributed by atoms with van der Waals surface area (Å²) < 4.78 is 5.62. The van der Waals surface area contributed by atoms with Crippen LogP contribution in [-0.4, -0.2) is 23.6 Å². The van der Waals surface area contributed by atoms with Crippen molar-refractivity contribution in [2.75, 3.05) is 11.9 Å². The summed E-state index contributed by atoms with van der Waals surface area (Å²) in [5.74, 6) is 0.563. The lowest BCUT2D eigenvalue weighted by Crippen LogP contribution is -2.25. The molecule has 1 heterocycles. The van der Waals surface area contributed by atoms with E-state index in [2.05, 4.69) is 15.8 Å². The Labute approximate surface area is 177 Å². The number of carbonyl (C=O) groups is 1. The molecule has 4 aromatic rings. The molecule has 2 N–H and O–H groups in total. The molecule has 31 heavy (non-hydrogen) atoms. The molecule has 0 aliphatic heterocycles. The Morgan fingerprint density at radius 1 is 1.03 bits per heavy atom. The first-order valence-electron chi connectivity index (χ1n) is 9.48. The van der Waals surface area contributed by atoms with Gasteiger partial charge in [-0.05, 0) is 23.6 Å². The van der Waals surface area contributed by atoms with Gasteiger partial charge < -0.3 is 9.73 Å². The van der Waals surface area contributed by atoms with Crippen LogP contribution in [0.4, 0.5) is 11.4 Å². The van der Waals surface area contributed by atoms with E-state index in [4.69, 9.17) is 4.42 Å². The molecule has 8 nitrogen and oxygen atoms in total. The van der Waals surface area contributed by atoms with Crippen LogP contribution in [-0.2, 0) is 4.79 Å². The highest BCUT2D eigenvalue weighted by Gasteiger charge is 2.10. The van der Waals surface area contributed by atoms with Gasteiger partial charge in [0.05, 0.1) is 17.7 Å². The molecule has 0 unspecified atom stereocenters. The maximum atomic E-state index is 12.1. The number of fused-ring (bicyclic) bond motifs is 1. The number of hydrogen-bond donors (Lipinski definition) is 2. The summed E-state index contributed by atoms with van der Waals surface area (Å²) in [5, 5.41) is 20.0. The van der Waals surface area contributed by atoms with Crippen molar-refractivity contribution in [3.63, 3.8) is 0 Å². The standard InChI is InChI=1S/C23H18N4O4/c28-23(15-24-21-10-4-6-16-5-1-2-9-20(16)21)26-25-14-19-11-12-22(31-19)17-7-3-8-18(13-17)27(29)30/h1-14,24H,15H2,(H,26,28). The van der Waals surface area contributed by atoms with Crippen molar-refractivity contribution in [2.24, 2.45) is 5.10 Å². The smallest absolute Gasteiger partial charge is 0.270 e. The van der Waals surface area contributed by atoms with E-state index < -0.39 is 4.92 Å². The number of nitro groups is 1. The number of carbonyl (C=O) groups excluding carboxylic acids is 1. The minimum atomic E-state index is -0.462. The van der Waals surface area contributed by atoms with Gasteiger partial charge in [0.25, 0.3) is 11.6 Å². The number of benzene rings is 3. The zero-order valence-electron chi connectivity index (χ0n) is 16.3. The van der Waals surface area contributed by atoms with Gasteiger partial charge in [0.2, 0.25) is 0 Å². The number of rotatable bonds is 7. The Kier molecular flexibility index (Phi) is 5.70. The SMILES string of the molecule is O=C(CNc1cccc2ccccc12)NN=Cc1ccc(-c2cccc([N+](=O)[O-])c2)o1. The van der Waals surface area contributed by atoms with Crippen LogP contribution in [0.5, 0.6) is 0 Å². The molecular weight excluding hydrogens is 396 g/mol. The lowest BCUT2D eigenvalue weighted by atomic mass is 10.1. The number of hydrazone groups is 1. The molecule has 0 spiro atoms. The fraction of sp³-hybridized carbons (Fsp3) is 0.0435. The highest BCUT2D eigenvalue weighted by atomic mass is 16.6. The summed E-state index contributed by atoms with van der Waals surface area (Å²) in [7, 11) is 0. The van der Waals surface area contributed by atoms with Gasteiger partial charge in [0.1, 0.15) is 11.5 Å². The zero-order valence-corrected chi connectivity index (χ0v) is 16.3. The predicted octanol–water partition coefficient (Wildman–Crippen LogP) is 4.57. The highest BCUT2D eigenvalue weighted by Crippen LogP contribution is 2.25. The van der Waals surface area contributed by atoms with Crippen molar-refractivity contribution in [3.05, 3.63) is 94.7 Å². The number of nitrogens with one attached hydrogen (secondary N) is 2. The Bertz CT molecular complexity index is 1270. The minimum Gasteiger partial charge on any atom is -0.455 e. The number of furan rings is 1. The average Bonchev–Trinajstić information content (AvgIpc) is 3.27. The van der Waals surface area contributed by atoms with Gasteiger partial charge in [-0.3, -0.25) is 14.9 Å². The molecule has 4 rings (SSSR count). The minimum absolute atomic E-state index is 0.0184. The van der Waals surface area contributed by atoms with Crippen molar-refractivity contribution in [3.8, 4) is 11.3 Å². The Morgan fingerprint density at radius 2 is 1.84 bits per heavy atom. The number of nitrogens with zero attached hydrogens (tertiary/aromatic N) is 2. The van der Waals surface area contributed by atoms with E-state index in [0.29, 0.717) is 17.1 Å².